The van der Waals surface area contributed by atoms with E-state index in [9.17, 15) is 4.79 Å². The van der Waals surface area contributed by atoms with Gasteiger partial charge in [0.1, 0.15) is 0 Å². The van der Waals surface area contributed by atoms with Crippen LogP contribution in [0.5, 0.6) is 11.5 Å². The quantitative estimate of drug-likeness (QED) is 0.815. The van der Waals surface area contributed by atoms with Gasteiger partial charge in [-0.1, -0.05) is 0 Å². The van der Waals surface area contributed by atoms with Crippen molar-refractivity contribution in [2.75, 3.05) is 18.7 Å². The molecule has 1 fully saturated rings. The Bertz CT molecular complexity index is 662. The van der Waals surface area contributed by atoms with E-state index in [-0.39, 0.29) is 18.2 Å². The average molecular weight is 349 g/mol. The van der Waals surface area contributed by atoms with E-state index >= 15 is 0 Å². The smallest absolute Gasteiger partial charge is 0.231 e. The van der Waals surface area contributed by atoms with Crippen LogP contribution in [-0.4, -0.2) is 40.8 Å². The fourth-order valence-electron chi connectivity index (χ4n) is 3.20. The van der Waals surface area contributed by atoms with Crippen molar-refractivity contribution in [1.29, 1.82) is 0 Å². The molecule has 1 unspecified atom stereocenters. The highest BCUT2D eigenvalue weighted by Crippen LogP contribution is 2.34. The van der Waals surface area contributed by atoms with Gasteiger partial charge >= 0.3 is 0 Å². The summed E-state index contributed by atoms with van der Waals surface area (Å²) in [5.41, 5.74) is 0.708. The summed E-state index contributed by atoms with van der Waals surface area (Å²) in [4.78, 5) is 14.3. The highest BCUT2D eigenvalue weighted by atomic mass is 32.1. The van der Waals surface area contributed by atoms with Gasteiger partial charge in [0.2, 0.25) is 12.7 Å². The zero-order valence-corrected chi connectivity index (χ0v) is 15.0. The summed E-state index contributed by atoms with van der Waals surface area (Å²) in [6.45, 7) is 7.24. The van der Waals surface area contributed by atoms with Crippen LogP contribution >= 0.6 is 12.2 Å². The van der Waals surface area contributed by atoms with Crippen molar-refractivity contribution in [2.24, 2.45) is 0 Å². The molecule has 1 atom stereocenters. The van der Waals surface area contributed by atoms with Crippen LogP contribution in [0.4, 0.5) is 5.69 Å². The van der Waals surface area contributed by atoms with Gasteiger partial charge in [-0.2, -0.15) is 0 Å². The van der Waals surface area contributed by atoms with Gasteiger partial charge in [-0.25, -0.2) is 0 Å². The SMILES string of the molecule is CC1CC(C)(C)NC(=S)N1CCC(=O)Nc1ccc2c(c1)OCO2. The maximum atomic E-state index is 12.2. The lowest BCUT2D eigenvalue weighted by atomic mass is 9.93. The average Bonchev–Trinajstić information content (AvgIpc) is 2.92. The number of carbonyl (C=O) groups is 1. The molecule has 2 heterocycles. The van der Waals surface area contributed by atoms with Gasteiger partial charge in [-0.05, 0) is 51.5 Å². The van der Waals surface area contributed by atoms with Crippen LogP contribution in [-0.2, 0) is 4.79 Å². The van der Waals surface area contributed by atoms with Crippen molar-refractivity contribution in [3.63, 3.8) is 0 Å². The molecule has 0 spiro atoms. The lowest BCUT2D eigenvalue weighted by molar-refractivity contribution is -0.116. The van der Waals surface area contributed by atoms with Gasteiger partial charge in [0.05, 0.1) is 0 Å². The fourth-order valence-corrected chi connectivity index (χ4v) is 3.75. The van der Waals surface area contributed by atoms with Crippen molar-refractivity contribution in [3.05, 3.63) is 18.2 Å². The first kappa shape index (κ1) is 16.8. The number of thiocarbonyl (C=S) groups is 1. The standard InChI is InChI=1S/C17H23N3O3S/c1-11-9-17(2,3)19-16(24)20(11)7-6-15(21)18-12-4-5-13-14(8-12)23-10-22-13/h4-5,8,11H,6-7,9-10H2,1-3H3,(H,18,21)(H,19,24). The number of nitrogens with one attached hydrogen (secondary N) is 2. The third-order valence-electron chi connectivity index (χ3n) is 4.28. The van der Waals surface area contributed by atoms with Crippen LogP contribution < -0.4 is 20.1 Å². The molecule has 6 nitrogen and oxygen atoms in total. The molecular weight excluding hydrogens is 326 g/mol. The first-order chi connectivity index (χ1) is 11.3. The van der Waals surface area contributed by atoms with Crippen molar-refractivity contribution < 1.29 is 14.3 Å². The number of rotatable bonds is 4. The predicted octanol–water partition coefficient (Wildman–Crippen LogP) is 2.49. The van der Waals surface area contributed by atoms with Crippen LogP contribution in [0.3, 0.4) is 0 Å². The van der Waals surface area contributed by atoms with Gasteiger partial charge in [-0.15, -0.1) is 0 Å². The molecule has 130 valence electrons. The fraction of sp³-hybridized carbons (Fsp3) is 0.529. The molecule has 2 aliphatic heterocycles. The van der Waals surface area contributed by atoms with Crippen molar-refractivity contribution >= 4 is 28.9 Å². The Morgan fingerprint density at radius 2 is 2.17 bits per heavy atom. The van der Waals surface area contributed by atoms with E-state index in [4.69, 9.17) is 21.7 Å². The Morgan fingerprint density at radius 3 is 2.92 bits per heavy atom. The van der Waals surface area contributed by atoms with Gasteiger partial charge in [-0.3, -0.25) is 4.79 Å². The molecule has 0 aromatic heterocycles. The number of nitrogens with zero attached hydrogens (tertiary/aromatic N) is 1. The highest BCUT2D eigenvalue weighted by Gasteiger charge is 2.33. The summed E-state index contributed by atoms with van der Waals surface area (Å²) >= 11 is 5.44. The second-order valence-corrected chi connectivity index (χ2v) is 7.31. The molecule has 1 saturated heterocycles. The van der Waals surface area contributed by atoms with Crippen molar-refractivity contribution in [3.8, 4) is 11.5 Å². The Hall–Kier alpha value is -2.02. The molecule has 24 heavy (non-hydrogen) atoms. The first-order valence-corrected chi connectivity index (χ1v) is 8.53. The number of hydrogen-bond acceptors (Lipinski definition) is 4. The number of hydrogen-bond donors (Lipinski definition) is 2. The Balaban J connectivity index is 1.53. The van der Waals surface area contributed by atoms with Gasteiger partial charge < -0.3 is 25.0 Å². The van der Waals surface area contributed by atoms with E-state index in [1.807, 2.05) is 6.07 Å². The van der Waals surface area contributed by atoms with E-state index in [0.717, 1.165) is 11.5 Å². The number of anilines is 1. The summed E-state index contributed by atoms with van der Waals surface area (Å²) in [7, 11) is 0. The molecule has 2 aliphatic rings. The van der Waals surface area contributed by atoms with E-state index in [1.165, 1.54) is 0 Å². The highest BCUT2D eigenvalue weighted by molar-refractivity contribution is 7.80. The van der Waals surface area contributed by atoms with E-state index < -0.39 is 0 Å². The molecular formula is C17H23N3O3S. The molecule has 0 bridgehead atoms. The van der Waals surface area contributed by atoms with Gasteiger partial charge in [0.25, 0.3) is 0 Å². The largest absolute Gasteiger partial charge is 0.454 e. The number of ether oxygens (including phenoxy) is 2. The molecule has 7 heteroatoms. The Labute approximate surface area is 147 Å². The molecule has 1 amide bonds. The first-order valence-electron chi connectivity index (χ1n) is 8.12. The van der Waals surface area contributed by atoms with Gasteiger partial charge in [0.15, 0.2) is 16.6 Å². The minimum atomic E-state index is -0.0475. The minimum Gasteiger partial charge on any atom is -0.454 e. The summed E-state index contributed by atoms with van der Waals surface area (Å²) in [6.07, 6.45) is 1.36. The van der Waals surface area contributed by atoms with Crippen LogP contribution in [0.1, 0.15) is 33.6 Å². The summed E-state index contributed by atoms with van der Waals surface area (Å²) in [5.74, 6) is 1.31. The zero-order chi connectivity index (χ0) is 17.3. The number of carbonyl (C=O) groups excluding carboxylic acids is 1. The topological polar surface area (TPSA) is 62.8 Å². The second kappa shape index (κ2) is 6.47. The van der Waals surface area contributed by atoms with Gasteiger partial charge in [0, 0.05) is 36.3 Å². The number of fused-ring (bicyclic) bond motifs is 1. The molecule has 0 radical (unpaired) electrons. The number of amides is 1. The minimum absolute atomic E-state index is 0.00173. The maximum absolute atomic E-state index is 12.2. The third-order valence-corrected chi connectivity index (χ3v) is 4.62. The van der Waals surface area contributed by atoms with E-state index in [2.05, 4.69) is 36.3 Å². The summed E-state index contributed by atoms with van der Waals surface area (Å²) in [5, 5.41) is 6.94. The molecule has 0 saturated carbocycles. The van der Waals surface area contributed by atoms with Crippen LogP contribution in [0.25, 0.3) is 0 Å². The zero-order valence-electron chi connectivity index (χ0n) is 14.2. The van der Waals surface area contributed by atoms with E-state index in [0.29, 0.717) is 36.2 Å². The van der Waals surface area contributed by atoms with Crippen molar-refractivity contribution in [2.45, 2.75) is 45.2 Å². The maximum Gasteiger partial charge on any atom is 0.231 e. The molecule has 3 rings (SSSR count). The van der Waals surface area contributed by atoms with E-state index in [1.54, 1.807) is 12.1 Å². The molecule has 1 aromatic rings. The Morgan fingerprint density at radius 1 is 1.42 bits per heavy atom. The number of benzene rings is 1. The molecule has 2 N–H and O–H groups in total. The Kier molecular flexibility index (Phi) is 4.54. The lowest BCUT2D eigenvalue weighted by Crippen LogP contribution is -2.60. The lowest BCUT2D eigenvalue weighted by Gasteiger charge is -2.44. The second-order valence-electron chi connectivity index (χ2n) is 6.93. The van der Waals surface area contributed by atoms with Crippen LogP contribution in [0, 0.1) is 0 Å². The predicted molar refractivity (Wildman–Crippen MR) is 96.4 cm³/mol. The molecule has 1 aromatic carbocycles. The monoisotopic (exact) mass is 349 g/mol. The third kappa shape index (κ3) is 3.72. The summed E-state index contributed by atoms with van der Waals surface area (Å²) < 4.78 is 10.6. The normalized spacial score (nSPS) is 21.4. The van der Waals surface area contributed by atoms with Crippen molar-refractivity contribution in [1.82, 2.24) is 10.2 Å². The van der Waals surface area contributed by atoms with Crippen LogP contribution in [0.2, 0.25) is 0 Å². The summed E-state index contributed by atoms with van der Waals surface area (Å²) in [6, 6.07) is 5.69. The van der Waals surface area contributed by atoms with Crippen LogP contribution in [0.15, 0.2) is 18.2 Å². The molecule has 0 aliphatic carbocycles.